The first-order chi connectivity index (χ1) is 10.6. The van der Waals surface area contributed by atoms with Crippen LogP contribution in [-0.4, -0.2) is 6.29 Å². The van der Waals surface area contributed by atoms with Crippen molar-refractivity contribution in [3.63, 3.8) is 0 Å². The normalized spacial score (nSPS) is 24.1. The fourth-order valence-electron chi connectivity index (χ4n) is 3.93. The van der Waals surface area contributed by atoms with E-state index in [1.54, 1.807) is 0 Å². The number of carbonyl (C=O) groups excluding carboxylic acids is 1. The Labute approximate surface area is 142 Å². The maximum atomic E-state index is 11.9. The molecule has 1 fully saturated rings. The summed E-state index contributed by atoms with van der Waals surface area (Å²) in [6.45, 7) is 13.3. The molecule has 23 heavy (non-hydrogen) atoms. The molecule has 0 aromatic heterocycles. The Balaban J connectivity index is 2.45. The van der Waals surface area contributed by atoms with Gasteiger partial charge in [-0.1, -0.05) is 79.0 Å². The number of hydrogen-bond acceptors (Lipinski definition) is 1. The Morgan fingerprint density at radius 2 is 1.35 bits per heavy atom. The number of rotatable bonds is 2. The van der Waals surface area contributed by atoms with E-state index in [1.165, 1.54) is 48.8 Å². The van der Waals surface area contributed by atoms with Gasteiger partial charge in [0.1, 0.15) is 6.29 Å². The maximum absolute atomic E-state index is 11.9. The van der Waals surface area contributed by atoms with E-state index in [0.717, 1.165) is 6.29 Å². The third-order valence-corrected chi connectivity index (χ3v) is 5.26. The van der Waals surface area contributed by atoms with Gasteiger partial charge in [0.25, 0.3) is 0 Å². The van der Waals surface area contributed by atoms with E-state index in [9.17, 15) is 4.79 Å². The van der Waals surface area contributed by atoms with Gasteiger partial charge < -0.3 is 4.79 Å². The highest BCUT2D eigenvalue weighted by molar-refractivity contribution is 5.69. The summed E-state index contributed by atoms with van der Waals surface area (Å²) < 4.78 is 0. The summed E-state index contributed by atoms with van der Waals surface area (Å²) in [6.07, 6.45) is 14.9. The summed E-state index contributed by atoms with van der Waals surface area (Å²) in [6, 6.07) is 0. The van der Waals surface area contributed by atoms with E-state index in [-0.39, 0.29) is 16.7 Å². The van der Waals surface area contributed by atoms with Crippen LogP contribution in [0.5, 0.6) is 0 Å². The summed E-state index contributed by atoms with van der Waals surface area (Å²) in [5.41, 5.74) is 3.89. The molecule has 0 spiro atoms. The second-order valence-corrected chi connectivity index (χ2v) is 9.38. The van der Waals surface area contributed by atoms with E-state index in [1.807, 2.05) is 0 Å². The second kappa shape index (κ2) is 6.79. The number of hydrogen-bond donors (Lipinski definition) is 0. The fraction of sp³-hybridized carbons (Fsp3) is 0.682. The van der Waals surface area contributed by atoms with Gasteiger partial charge in [-0.2, -0.15) is 0 Å². The van der Waals surface area contributed by atoms with E-state index in [2.05, 4.69) is 59.8 Å². The number of allylic oxidation sites excluding steroid dienone is 6. The van der Waals surface area contributed by atoms with Crippen molar-refractivity contribution < 1.29 is 4.79 Å². The molecule has 0 atom stereocenters. The zero-order valence-corrected chi connectivity index (χ0v) is 15.9. The molecule has 0 radical (unpaired) electrons. The molecule has 128 valence electrons. The van der Waals surface area contributed by atoms with E-state index >= 15 is 0 Å². The van der Waals surface area contributed by atoms with E-state index in [4.69, 9.17) is 0 Å². The van der Waals surface area contributed by atoms with Crippen molar-refractivity contribution in [1.82, 2.24) is 0 Å². The topological polar surface area (TPSA) is 17.1 Å². The molecular formula is C22H34O. The van der Waals surface area contributed by atoms with Crippen molar-refractivity contribution in [3.05, 3.63) is 34.9 Å². The lowest BCUT2D eigenvalue weighted by atomic mass is 9.66. The van der Waals surface area contributed by atoms with Crippen molar-refractivity contribution >= 4 is 6.29 Å². The Bertz CT molecular complexity index is 491. The van der Waals surface area contributed by atoms with Gasteiger partial charge in [-0.3, -0.25) is 0 Å². The molecule has 0 bridgehead atoms. The number of aldehydes is 1. The van der Waals surface area contributed by atoms with Crippen molar-refractivity contribution in [2.24, 2.45) is 22.7 Å². The van der Waals surface area contributed by atoms with Gasteiger partial charge in [0.05, 0.1) is 5.92 Å². The Morgan fingerprint density at radius 3 is 1.74 bits per heavy atom. The highest BCUT2D eigenvalue weighted by Crippen LogP contribution is 2.45. The first-order valence-electron chi connectivity index (χ1n) is 9.24. The van der Waals surface area contributed by atoms with Crippen LogP contribution >= 0.6 is 0 Å². The van der Waals surface area contributed by atoms with Gasteiger partial charge in [0, 0.05) is 0 Å². The molecule has 2 aliphatic carbocycles. The van der Waals surface area contributed by atoms with E-state index < -0.39 is 0 Å². The lowest BCUT2D eigenvalue weighted by Gasteiger charge is -2.37. The van der Waals surface area contributed by atoms with Gasteiger partial charge in [0.2, 0.25) is 0 Å². The average molecular weight is 315 g/mol. The summed E-state index contributed by atoms with van der Waals surface area (Å²) in [5.74, 6) is 0.639. The third-order valence-electron chi connectivity index (χ3n) is 5.26. The molecule has 2 rings (SSSR count). The smallest absolute Gasteiger partial charge is 0.131 e. The van der Waals surface area contributed by atoms with Gasteiger partial charge in [-0.15, -0.1) is 0 Å². The molecular weight excluding hydrogens is 280 g/mol. The van der Waals surface area contributed by atoms with Crippen LogP contribution in [0.4, 0.5) is 0 Å². The molecule has 0 aromatic carbocycles. The maximum Gasteiger partial charge on any atom is 0.131 e. The Hall–Kier alpha value is -1.11. The lowest BCUT2D eigenvalue weighted by Crippen LogP contribution is -2.29. The van der Waals surface area contributed by atoms with Crippen molar-refractivity contribution in [2.45, 2.75) is 73.6 Å². The monoisotopic (exact) mass is 314 g/mol. The van der Waals surface area contributed by atoms with Crippen LogP contribution in [0, 0.1) is 22.7 Å². The molecule has 0 unspecified atom stereocenters. The van der Waals surface area contributed by atoms with Gasteiger partial charge >= 0.3 is 0 Å². The van der Waals surface area contributed by atoms with Crippen LogP contribution in [-0.2, 0) is 4.79 Å². The van der Waals surface area contributed by atoms with Crippen molar-refractivity contribution in [1.29, 1.82) is 0 Å². The summed E-state index contributed by atoms with van der Waals surface area (Å²) >= 11 is 0. The van der Waals surface area contributed by atoms with Crippen LogP contribution in [0.3, 0.4) is 0 Å². The molecule has 0 aromatic rings. The van der Waals surface area contributed by atoms with Gasteiger partial charge in [-0.25, -0.2) is 0 Å². The van der Waals surface area contributed by atoms with Crippen LogP contribution < -0.4 is 0 Å². The van der Waals surface area contributed by atoms with Crippen LogP contribution in [0.15, 0.2) is 34.9 Å². The molecule has 2 aliphatic rings. The van der Waals surface area contributed by atoms with Crippen molar-refractivity contribution in [2.75, 3.05) is 0 Å². The molecule has 0 heterocycles. The van der Waals surface area contributed by atoms with Crippen LogP contribution in [0.2, 0.25) is 0 Å². The fourth-order valence-corrected chi connectivity index (χ4v) is 3.93. The quantitative estimate of drug-likeness (QED) is 0.549. The molecule has 1 saturated carbocycles. The molecule has 1 heteroatoms. The zero-order chi connectivity index (χ0) is 17.3. The molecule has 1 nitrogen and oxygen atoms in total. The minimum atomic E-state index is -0.0708. The van der Waals surface area contributed by atoms with Gasteiger partial charge in [-0.05, 0) is 46.3 Å². The highest BCUT2D eigenvalue weighted by Gasteiger charge is 2.35. The van der Waals surface area contributed by atoms with Crippen molar-refractivity contribution in [3.8, 4) is 0 Å². The predicted octanol–water partition coefficient (Wildman–Crippen LogP) is 6.27. The first-order valence-corrected chi connectivity index (χ1v) is 9.24. The second-order valence-electron chi connectivity index (χ2n) is 9.38. The lowest BCUT2D eigenvalue weighted by molar-refractivity contribution is -0.109. The molecule has 0 aliphatic heterocycles. The van der Waals surface area contributed by atoms with E-state index in [0.29, 0.717) is 5.92 Å². The number of carbonyl (C=O) groups is 1. The average Bonchev–Trinajstić information content (AvgIpc) is 2.45. The van der Waals surface area contributed by atoms with Crippen LogP contribution in [0.25, 0.3) is 0 Å². The predicted molar refractivity (Wildman–Crippen MR) is 99.3 cm³/mol. The minimum Gasteiger partial charge on any atom is -0.302 e. The third kappa shape index (κ3) is 4.46. The molecule has 0 N–H and O–H groups in total. The minimum absolute atomic E-state index is 0.0159. The Morgan fingerprint density at radius 1 is 0.870 bits per heavy atom. The largest absolute Gasteiger partial charge is 0.302 e. The summed E-state index contributed by atoms with van der Waals surface area (Å²) in [5, 5.41) is 0. The highest BCUT2D eigenvalue weighted by atomic mass is 16.1. The molecule has 0 saturated heterocycles. The standard InChI is InChI=1S/C22H34O/c1-21(2,3)19-13-17(12-16-10-8-7-9-11-16)14-20(18(19)15-23)22(4,5)6/h12-16,18H,7-11H2,1-6H3. The van der Waals surface area contributed by atoms with Crippen LogP contribution in [0.1, 0.15) is 73.6 Å². The first kappa shape index (κ1) is 18.2. The summed E-state index contributed by atoms with van der Waals surface area (Å²) in [4.78, 5) is 11.9. The SMILES string of the molecule is CC(C)(C)C1=CC(=CC2CCCCC2)C=C(C(C)(C)C)C1C=O. The summed E-state index contributed by atoms with van der Waals surface area (Å²) in [7, 11) is 0. The zero-order valence-electron chi connectivity index (χ0n) is 15.9. The Kier molecular flexibility index (Phi) is 5.38. The molecule has 0 amide bonds. The van der Waals surface area contributed by atoms with Gasteiger partial charge in [0.15, 0.2) is 0 Å².